The van der Waals surface area contributed by atoms with Gasteiger partial charge in [-0.15, -0.1) is 0 Å². The number of rotatable bonds is 2. The van der Waals surface area contributed by atoms with E-state index in [1.54, 1.807) is 32.9 Å². The summed E-state index contributed by atoms with van der Waals surface area (Å²) in [7, 11) is 0. The second-order valence-corrected chi connectivity index (χ2v) is 6.77. The predicted molar refractivity (Wildman–Crippen MR) is 98.5 cm³/mol. The summed E-state index contributed by atoms with van der Waals surface area (Å²) in [5.41, 5.74) is 1.04. The summed E-state index contributed by atoms with van der Waals surface area (Å²) in [6.45, 7) is 5.22. The van der Waals surface area contributed by atoms with Crippen molar-refractivity contribution in [3.8, 4) is 0 Å². The highest BCUT2D eigenvalue weighted by Crippen LogP contribution is 2.39. The topological polar surface area (TPSA) is 60.9 Å². The van der Waals surface area contributed by atoms with Crippen molar-refractivity contribution in [2.75, 3.05) is 16.3 Å². The summed E-state index contributed by atoms with van der Waals surface area (Å²) < 4.78 is 42.0. The molecule has 2 amide bonds. The van der Waals surface area contributed by atoms with Crippen LogP contribution in [0.25, 0.3) is 0 Å². The maximum atomic E-state index is 14.2. The molecule has 1 unspecified atom stereocenters. The molecule has 1 N–H and O–H groups in total. The van der Waals surface area contributed by atoms with Crippen LogP contribution >= 0.6 is 0 Å². The molecule has 1 atom stereocenters. The summed E-state index contributed by atoms with van der Waals surface area (Å²) in [5.74, 6) is -5.13. The van der Waals surface area contributed by atoms with Crippen molar-refractivity contribution in [2.24, 2.45) is 0 Å². The Bertz CT molecular complexity index is 978. The van der Waals surface area contributed by atoms with Crippen LogP contribution in [0.3, 0.4) is 0 Å². The Morgan fingerprint density at radius 3 is 2.21 bits per heavy atom. The molecule has 0 saturated heterocycles. The number of carboxylic acid groups (broad SMARTS) is 1. The van der Waals surface area contributed by atoms with E-state index in [0.717, 1.165) is 20.9 Å². The van der Waals surface area contributed by atoms with E-state index in [9.17, 15) is 27.9 Å². The fourth-order valence-corrected chi connectivity index (χ4v) is 3.40. The van der Waals surface area contributed by atoms with Crippen molar-refractivity contribution >= 4 is 23.4 Å². The van der Waals surface area contributed by atoms with E-state index in [-0.39, 0.29) is 17.9 Å². The zero-order valence-corrected chi connectivity index (χ0v) is 15.6. The maximum Gasteiger partial charge on any atom is 0.412 e. The van der Waals surface area contributed by atoms with Crippen LogP contribution in [0.5, 0.6) is 0 Å². The molecule has 5 nitrogen and oxygen atoms in total. The molecular formula is C20H19F3N2O3. The minimum absolute atomic E-state index is 0.105. The van der Waals surface area contributed by atoms with Crippen molar-refractivity contribution in [1.82, 2.24) is 0 Å². The lowest BCUT2D eigenvalue weighted by atomic mass is 9.99. The van der Waals surface area contributed by atoms with Gasteiger partial charge in [0.05, 0.1) is 17.4 Å². The van der Waals surface area contributed by atoms with Crippen molar-refractivity contribution < 1.29 is 27.9 Å². The quantitative estimate of drug-likeness (QED) is 0.757. The van der Waals surface area contributed by atoms with Gasteiger partial charge >= 0.3 is 6.09 Å². The summed E-state index contributed by atoms with van der Waals surface area (Å²) in [6.07, 6.45) is -0.817. The maximum absolute atomic E-state index is 14.2. The molecule has 148 valence electrons. The monoisotopic (exact) mass is 392 g/mol. The summed E-state index contributed by atoms with van der Waals surface area (Å²) in [4.78, 5) is 27.1. The first kappa shape index (κ1) is 19.7. The number of amides is 2. The van der Waals surface area contributed by atoms with Crippen LogP contribution in [-0.4, -0.2) is 29.7 Å². The molecule has 0 saturated carbocycles. The van der Waals surface area contributed by atoms with Gasteiger partial charge < -0.3 is 10.0 Å². The lowest BCUT2D eigenvalue weighted by molar-refractivity contribution is 0.0973. The van der Waals surface area contributed by atoms with Crippen molar-refractivity contribution in [3.63, 3.8) is 0 Å². The summed E-state index contributed by atoms with van der Waals surface area (Å²) >= 11 is 0. The van der Waals surface area contributed by atoms with Gasteiger partial charge in [0.25, 0.3) is 5.91 Å². The Hall–Kier alpha value is -3.03. The minimum atomic E-state index is -1.57. The number of aryl methyl sites for hydroxylation is 2. The Morgan fingerprint density at radius 1 is 1.07 bits per heavy atom. The lowest BCUT2D eigenvalue weighted by Crippen LogP contribution is -2.53. The Morgan fingerprint density at radius 2 is 1.64 bits per heavy atom. The molecule has 1 heterocycles. The van der Waals surface area contributed by atoms with Crippen LogP contribution in [-0.2, 0) is 0 Å². The molecular weight excluding hydrogens is 373 g/mol. The van der Waals surface area contributed by atoms with E-state index in [1.807, 2.05) is 0 Å². The molecule has 0 bridgehead atoms. The molecule has 8 heteroatoms. The number of halogens is 3. The number of benzene rings is 2. The van der Waals surface area contributed by atoms with E-state index in [4.69, 9.17) is 0 Å². The fourth-order valence-electron chi connectivity index (χ4n) is 3.40. The molecule has 0 radical (unpaired) electrons. The molecule has 3 rings (SSSR count). The molecule has 0 aromatic heterocycles. The molecule has 1 aliphatic heterocycles. The van der Waals surface area contributed by atoms with Crippen LogP contribution in [0.1, 0.15) is 34.8 Å². The predicted octanol–water partition coefficient (Wildman–Crippen LogP) is 4.64. The molecule has 0 fully saturated rings. The van der Waals surface area contributed by atoms with Gasteiger partial charge in [-0.25, -0.2) is 18.0 Å². The summed E-state index contributed by atoms with van der Waals surface area (Å²) in [5, 5.41) is 9.67. The van der Waals surface area contributed by atoms with Crippen LogP contribution in [0.2, 0.25) is 0 Å². The molecule has 0 aliphatic carbocycles. The Balaban J connectivity index is 2.21. The van der Waals surface area contributed by atoms with Crippen molar-refractivity contribution in [1.29, 1.82) is 0 Å². The second kappa shape index (κ2) is 7.18. The normalized spacial score (nSPS) is 16.1. The molecule has 2 aromatic carbocycles. The third-order valence-corrected chi connectivity index (χ3v) is 5.08. The highest BCUT2D eigenvalue weighted by atomic mass is 19.2. The first-order valence-electron chi connectivity index (χ1n) is 8.76. The number of hydrogen-bond acceptors (Lipinski definition) is 2. The molecule has 0 spiro atoms. The highest BCUT2D eigenvalue weighted by molar-refractivity contribution is 6.10. The van der Waals surface area contributed by atoms with Crippen molar-refractivity contribution in [2.45, 2.75) is 33.2 Å². The zero-order chi connectivity index (χ0) is 20.7. The van der Waals surface area contributed by atoms with Crippen LogP contribution in [0.4, 0.5) is 29.3 Å². The Kier molecular flexibility index (Phi) is 5.06. The van der Waals surface area contributed by atoms with Crippen LogP contribution < -0.4 is 9.80 Å². The fraction of sp³-hybridized carbons (Fsp3) is 0.300. The third-order valence-electron chi connectivity index (χ3n) is 5.08. The molecule has 2 aromatic rings. The van der Waals surface area contributed by atoms with Gasteiger partial charge in [0.2, 0.25) is 0 Å². The number of carbonyl (C=O) groups is 2. The average molecular weight is 392 g/mol. The van der Waals surface area contributed by atoms with Gasteiger partial charge in [-0.3, -0.25) is 9.69 Å². The van der Waals surface area contributed by atoms with E-state index in [1.165, 1.54) is 0 Å². The first-order valence-corrected chi connectivity index (χ1v) is 8.76. The standard InChI is InChI=1S/C20H19F3N2O3/c1-4-12-9-24(19(26)17-13(21)5-6-14(22)18(17)23)15-7-10(2)11(3)8-16(15)25(12)20(27)28/h5-8,12H,4,9H2,1-3H3,(H,27,28). The van der Waals surface area contributed by atoms with E-state index in [0.29, 0.717) is 18.6 Å². The number of anilines is 2. The van der Waals surface area contributed by atoms with E-state index < -0.39 is 41.1 Å². The summed E-state index contributed by atoms with van der Waals surface area (Å²) in [6, 6.07) is 3.91. The highest BCUT2D eigenvalue weighted by Gasteiger charge is 2.38. The molecule has 1 aliphatic rings. The van der Waals surface area contributed by atoms with E-state index in [2.05, 4.69) is 0 Å². The number of nitrogens with zero attached hydrogens (tertiary/aromatic N) is 2. The Labute approximate surface area is 160 Å². The lowest BCUT2D eigenvalue weighted by Gasteiger charge is -2.41. The van der Waals surface area contributed by atoms with Crippen LogP contribution in [0, 0.1) is 31.3 Å². The van der Waals surface area contributed by atoms with E-state index >= 15 is 0 Å². The average Bonchev–Trinajstić information content (AvgIpc) is 2.64. The van der Waals surface area contributed by atoms with Gasteiger partial charge in [0, 0.05) is 6.54 Å². The molecule has 28 heavy (non-hydrogen) atoms. The van der Waals surface area contributed by atoms with Crippen LogP contribution in [0.15, 0.2) is 24.3 Å². The number of hydrogen-bond donors (Lipinski definition) is 1. The SMILES string of the molecule is CCC1CN(C(=O)c2c(F)ccc(F)c2F)c2cc(C)c(C)cc2N1C(=O)O. The third kappa shape index (κ3) is 3.08. The second-order valence-electron chi connectivity index (χ2n) is 6.77. The number of fused-ring (bicyclic) bond motifs is 1. The van der Waals surface area contributed by atoms with Gasteiger partial charge in [0.1, 0.15) is 11.4 Å². The largest absolute Gasteiger partial charge is 0.465 e. The smallest absolute Gasteiger partial charge is 0.412 e. The van der Waals surface area contributed by atoms with Crippen molar-refractivity contribution in [3.05, 3.63) is 58.4 Å². The van der Waals surface area contributed by atoms with Gasteiger partial charge in [-0.05, 0) is 55.7 Å². The zero-order valence-electron chi connectivity index (χ0n) is 15.6. The van der Waals surface area contributed by atoms with Gasteiger partial charge in [-0.1, -0.05) is 6.92 Å². The van der Waals surface area contributed by atoms with Gasteiger partial charge in [0.15, 0.2) is 11.6 Å². The first-order chi connectivity index (χ1) is 13.2. The number of carbonyl (C=O) groups excluding carboxylic acids is 1. The minimum Gasteiger partial charge on any atom is -0.465 e. The van der Waals surface area contributed by atoms with Gasteiger partial charge in [-0.2, -0.15) is 0 Å².